The lowest BCUT2D eigenvalue weighted by Crippen LogP contribution is -2.37. The average molecular weight is 440 g/mol. The Morgan fingerprint density at radius 1 is 0.966 bits per heavy atom. The fourth-order valence-corrected chi connectivity index (χ4v) is 2.91. The second kappa shape index (κ2) is 14.9. The van der Waals surface area contributed by atoms with Gasteiger partial charge in [-0.25, -0.2) is 4.57 Å². The van der Waals surface area contributed by atoms with Crippen LogP contribution in [0.3, 0.4) is 0 Å². The van der Waals surface area contributed by atoms with Crippen LogP contribution < -0.4 is 0 Å². The van der Waals surface area contributed by atoms with Crippen LogP contribution in [0.1, 0.15) is 58.8 Å². The third-order valence-corrected chi connectivity index (χ3v) is 4.93. The summed E-state index contributed by atoms with van der Waals surface area (Å²) in [6, 6.07) is 0. The molecule has 0 radical (unpaired) electrons. The minimum Gasteiger partial charge on any atom is -0.462 e. The summed E-state index contributed by atoms with van der Waals surface area (Å²) < 4.78 is 32.7. The van der Waals surface area contributed by atoms with Crippen LogP contribution in [0.25, 0.3) is 0 Å². The van der Waals surface area contributed by atoms with Crippen molar-refractivity contribution < 1.29 is 42.1 Å². The van der Waals surface area contributed by atoms with E-state index in [1.807, 2.05) is 21.1 Å². The molecule has 0 aromatic rings. The second-order valence-electron chi connectivity index (χ2n) is 7.92. The van der Waals surface area contributed by atoms with E-state index in [0.29, 0.717) is 17.4 Å². The Hall–Kier alpha value is -0.990. The van der Waals surface area contributed by atoms with Crippen molar-refractivity contribution in [2.45, 2.75) is 64.9 Å². The van der Waals surface area contributed by atoms with Crippen LogP contribution in [0.2, 0.25) is 0 Å². The number of carbonyl (C=O) groups is 2. The first-order valence-corrected chi connectivity index (χ1v) is 11.8. The van der Waals surface area contributed by atoms with Gasteiger partial charge in [0.15, 0.2) is 6.10 Å². The first kappa shape index (κ1) is 28.0. The molecule has 0 amide bonds. The summed E-state index contributed by atoms with van der Waals surface area (Å²) in [4.78, 5) is 33.2. The molecule has 2 unspecified atom stereocenters. The van der Waals surface area contributed by atoms with Crippen LogP contribution in [-0.2, 0) is 32.7 Å². The number of unbranched alkanes of at least 4 members (excludes halogenated alkanes) is 4. The molecule has 0 rings (SSSR count). The molecule has 172 valence electrons. The van der Waals surface area contributed by atoms with Crippen LogP contribution in [0.5, 0.6) is 0 Å². The van der Waals surface area contributed by atoms with Crippen LogP contribution in [0, 0.1) is 0 Å². The van der Waals surface area contributed by atoms with Crippen LogP contribution >= 0.6 is 7.82 Å². The first-order chi connectivity index (χ1) is 13.5. The highest BCUT2D eigenvalue weighted by Crippen LogP contribution is 2.43. The summed E-state index contributed by atoms with van der Waals surface area (Å²) in [7, 11) is 1.46. The SMILES string of the molecule is CCCCCCCC(=O)OC(COC(=O)CC)COP(=O)(O)OCC[N+](C)(C)C. The molecule has 0 aliphatic carbocycles. The molecule has 1 N–H and O–H groups in total. The number of rotatable bonds is 17. The number of hydrogen-bond acceptors (Lipinski definition) is 7. The van der Waals surface area contributed by atoms with E-state index in [4.69, 9.17) is 18.5 Å². The van der Waals surface area contributed by atoms with E-state index < -0.39 is 32.5 Å². The lowest BCUT2D eigenvalue weighted by Gasteiger charge is -2.24. The molecule has 0 aromatic heterocycles. The zero-order chi connectivity index (χ0) is 22.3. The Bertz CT molecular complexity index is 521. The molecule has 0 heterocycles. The smallest absolute Gasteiger partial charge is 0.462 e. The van der Waals surface area contributed by atoms with Gasteiger partial charge in [-0.15, -0.1) is 0 Å². The highest BCUT2D eigenvalue weighted by Gasteiger charge is 2.26. The normalized spacial score (nSPS) is 14.8. The van der Waals surface area contributed by atoms with Crippen molar-refractivity contribution in [1.82, 2.24) is 0 Å². The molecule has 0 fully saturated rings. The van der Waals surface area contributed by atoms with Gasteiger partial charge < -0.3 is 18.9 Å². The maximum absolute atomic E-state index is 12.0. The van der Waals surface area contributed by atoms with Gasteiger partial charge in [-0.05, 0) is 6.42 Å². The maximum Gasteiger partial charge on any atom is 0.472 e. The topological polar surface area (TPSA) is 108 Å². The number of ether oxygens (including phenoxy) is 2. The Balaban J connectivity index is 4.52. The summed E-state index contributed by atoms with van der Waals surface area (Å²) in [5.41, 5.74) is 0. The fourth-order valence-electron chi connectivity index (χ4n) is 2.17. The highest BCUT2D eigenvalue weighted by molar-refractivity contribution is 7.47. The number of hydrogen-bond donors (Lipinski definition) is 1. The van der Waals surface area contributed by atoms with Gasteiger partial charge in [0, 0.05) is 12.8 Å². The zero-order valence-electron chi connectivity index (χ0n) is 18.6. The molecule has 2 atom stereocenters. The number of carbonyl (C=O) groups excluding carboxylic acids is 2. The molecular weight excluding hydrogens is 401 g/mol. The van der Waals surface area contributed by atoms with Crippen molar-refractivity contribution in [3.8, 4) is 0 Å². The lowest BCUT2D eigenvalue weighted by molar-refractivity contribution is -0.870. The van der Waals surface area contributed by atoms with Crippen molar-refractivity contribution in [3.63, 3.8) is 0 Å². The highest BCUT2D eigenvalue weighted by atomic mass is 31.2. The summed E-state index contributed by atoms with van der Waals surface area (Å²) >= 11 is 0. The van der Waals surface area contributed by atoms with Gasteiger partial charge in [-0.1, -0.05) is 39.5 Å². The summed E-state index contributed by atoms with van der Waals surface area (Å²) in [5, 5.41) is 0. The predicted octanol–water partition coefficient (Wildman–Crippen LogP) is 3.05. The van der Waals surface area contributed by atoms with Crippen molar-refractivity contribution >= 4 is 19.8 Å². The number of esters is 2. The third kappa shape index (κ3) is 17.6. The van der Waals surface area contributed by atoms with E-state index in [9.17, 15) is 19.0 Å². The van der Waals surface area contributed by atoms with Crippen LogP contribution in [-0.4, -0.2) is 74.9 Å². The molecule has 29 heavy (non-hydrogen) atoms. The molecule has 9 nitrogen and oxygen atoms in total. The van der Waals surface area contributed by atoms with E-state index in [0.717, 1.165) is 25.7 Å². The van der Waals surface area contributed by atoms with E-state index in [1.165, 1.54) is 0 Å². The van der Waals surface area contributed by atoms with Crippen molar-refractivity contribution in [3.05, 3.63) is 0 Å². The van der Waals surface area contributed by atoms with Crippen molar-refractivity contribution in [2.75, 3.05) is 47.5 Å². The number of phosphoric acid groups is 1. The molecule has 0 bridgehead atoms. The van der Waals surface area contributed by atoms with Crippen molar-refractivity contribution in [2.24, 2.45) is 0 Å². The predicted molar refractivity (Wildman–Crippen MR) is 109 cm³/mol. The van der Waals surface area contributed by atoms with Gasteiger partial charge in [0.05, 0.1) is 27.7 Å². The standard InChI is InChI=1S/C19H38NO8P/c1-6-8-9-10-11-12-19(22)28-17(15-25-18(21)7-2)16-27-29(23,24)26-14-13-20(3,4)5/h17H,6-16H2,1-5H3/p+1. The number of phosphoric ester groups is 1. The first-order valence-electron chi connectivity index (χ1n) is 10.3. The fraction of sp³-hybridized carbons (Fsp3) is 0.895. The largest absolute Gasteiger partial charge is 0.472 e. The van der Waals surface area contributed by atoms with E-state index >= 15 is 0 Å². The maximum atomic E-state index is 12.0. The third-order valence-electron chi connectivity index (χ3n) is 3.94. The second-order valence-corrected chi connectivity index (χ2v) is 9.38. The van der Waals surface area contributed by atoms with Gasteiger partial charge in [-0.2, -0.15) is 0 Å². The molecule has 0 saturated carbocycles. The van der Waals surface area contributed by atoms with Crippen molar-refractivity contribution in [1.29, 1.82) is 0 Å². The summed E-state index contributed by atoms with van der Waals surface area (Å²) in [6.07, 6.45) is 4.36. The molecule has 10 heteroatoms. The van der Waals surface area contributed by atoms with E-state index in [1.54, 1.807) is 6.92 Å². The Morgan fingerprint density at radius 3 is 2.21 bits per heavy atom. The number of nitrogens with zero attached hydrogens (tertiary/aromatic N) is 1. The van der Waals surface area contributed by atoms with Crippen LogP contribution in [0.15, 0.2) is 0 Å². The van der Waals surface area contributed by atoms with Gasteiger partial charge >= 0.3 is 19.8 Å². The van der Waals surface area contributed by atoms with Gasteiger partial charge in [0.1, 0.15) is 19.8 Å². The van der Waals surface area contributed by atoms with Gasteiger partial charge in [0.25, 0.3) is 0 Å². The summed E-state index contributed by atoms with van der Waals surface area (Å²) in [6.45, 7) is 3.65. The minimum absolute atomic E-state index is 0.0321. The van der Waals surface area contributed by atoms with E-state index in [2.05, 4.69) is 6.92 Å². The molecule has 0 spiro atoms. The lowest BCUT2D eigenvalue weighted by atomic mass is 10.1. The quantitative estimate of drug-likeness (QED) is 0.159. The van der Waals surface area contributed by atoms with Gasteiger partial charge in [0.2, 0.25) is 0 Å². The zero-order valence-corrected chi connectivity index (χ0v) is 19.4. The molecule has 0 saturated heterocycles. The number of likely N-dealkylation sites (N-methyl/N-ethyl adjacent to an activating group) is 1. The Labute approximate surface area is 174 Å². The molecule has 0 aliphatic heterocycles. The summed E-state index contributed by atoms with van der Waals surface area (Å²) in [5.74, 6) is -0.918. The molecule has 0 aliphatic rings. The number of quaternary nitrogens is 1. The van der Waals surface area contributed by atoms with Crippen LogP contribution in [0.4, 0.5) is 0 Å². The minimum atomic E-state index is -4.31. The monoisotopic (exact) mass is 440 g/mol. The van der Waals surface area contributed by atoms with Gasteiger partial charge in [-0.3, -0.25) is 18.6 Å². The molecular formula is C19H39NO8P+. The Kier molecular flexibility index (Phi) is 14.4. The average Bonchev–Trinajstić information content (AvgIpc) is 2.62. The Morgan fingerprint density at radius 2 is 1.62 bits per heavy atom. The van der Waals surface area contributed by atoms with E-state index in [-0.39, 0.29) is 26.1 Å². The molecule has 0 aromatic carbocycles.